The molecule has 2 atom stereocenters. The minimum atomic E-state index is -5.29. The lowest BCUT2D eigenvalue weighted by atomic mass is 10.1. The van der Waals surface area contributed by atoms with Gasteiger partial charge in [0.15, 0.2) is 5.25 Å². The number of esters is 1. The van der Waals surface area contributed by atoms with Gasteiger partial charge in [-0.25, -0.2) is 8.42 Å². The highest BCUT2D eigenvalue weighted by Gasteiger charge is 2.51. The van der Waals surface area contributed by atoms with Gasteiger partial charge in [0.2, 0.25) is 10.0 Å². The van der Waals surface area contributed by atoms with Crippen LogP contribution in [-0.4, -0.2) is 43.5 Å². The maximum Gasteiger partial charge on any atom is 0.407 e. The molecule has 0 bridgehead atoms. The van der Waals surface area contributed by atoms with E-state index in [1.54, 1.807) is 0 Å². The van der Waals surface area contributed by atoms with Crippen LogP contribution in [0.4, 0.5) is 13.2 Å². The highest BCUT2D eigenvalue weighted by atomic mass is 32.2. The summed E-state index contributed by atoms with van der Waals surface area (Å²) in [5.74, 6) is -3.05. The van der Waals surface area contributed by atoms with Crippen molar-refractivity contribution in [3.05, 3.63) is 35.9 Å². The van der Waals surface area contributed by atoms with Crippen molar-refractivity contribution >= 4 is 22.0 Å². The van der Waals surface area contributed by atoms with Gasteiger partial charge in [0.25, 0.3) is 0 Å². The van der Waals surface area contributed by atoms with E-state index in [2.05, 4.69) is 4.74 Å². The van der Waals surface area contributed by atoms with Crippen molar-refractivity contribution in [1.82, 2.24) is 4.72 Å². The predicted molar refractivity (Wildman–Crippen MR) is 80.0 cm³/mol. The van der Waals surface area contributed by atoms with Gasteiger partial charge in [-0.3, -0.25) is 9.59 Å². The molecule has 0 fully saturated rings. The Labute approximate surface area is 141 Å². The van der Waals surface area contributed by atoms with E-state index in [0.29, 0.717) is 0 Å². The number of carbonyl (C=O) groups is 2. The molecule has 1 rings (SSSR count). The quantitative estimate of drug-likeness (QED) is 0.660. The lowest BCUT2D eigenvalue weighted by molar-refractivity contribution is -0.155. The van der Waals surface area contributed by atoms with Crippen LogP contribution in [0.3, 0.4) is 0 Å². The third-order valence-electron chi connectivity index (χ3n) is 3.06. The first kappa shape index (κ1) is 20.9. The third-order valence-corrected chi connectivity index (χ3v) is 4.81. The molecule has 1 aromatic rings. The molecular formula is C14H16F3NO6S. The van der Waals surface area contributed by atoms with Crippen molar-refractivity contribution in [2.45, 2.75) is 30.8 Å². The van der Waals surface area contributed by atoms with E-state index in [0.717, 1.165) is 0 Å². The van der Waals surface area contributed by atoms with Gasteiger partial charge >= 0.3 is 18.1 Å². The largest absolute Gasteiger partial charge is 0.480 e. The van der Waals surface area contributed by atoms with Gasteiger partial charge in [-0.15, -0.1) is 0 Å². The summed E-state index contributed by atoms with van der Waals surface area (Å²) in [6, 6.07) is 4.89. The van der Waals surface area contributed by atoms with E-state index in [1.807, 2.05) is 0 Å². The van der Waals surface area contributed by atoms with E-state index in [-0.39, 0.29) is 12.2 Å². The number of aliphatic carboxylic acids is 1. The molecule has 2 N–H and O–H groups in total. The zero-order valence-electron chi connectivity index (χ0n) is 13.0. The Morgan fingerprint density at radius 1 is 1.24 bits per heavy atom. The summed E-state index contributed by atoms with van der Waals surface area (Å²) in [7, 11) is -5.24. The molecule has 0 aliphatic carbocycles. The van der Waals surface area contributed by atoms with Crippen LogP contribution >= 0.6 is 0 Å². The van der Waals surface area contributed by atoms with Crippen molar-refractivity contribution in [2.24, 2.45) is 0 Å². The monoisotopic (exact) mass is 383 g/mol. The molecule has 0 saturated heterocycles. The number of benzene rings is 1. The Morgan fingerprint density at radius 2 is 1.80 bits per heavy atom. The van der Waals surface area contributed by atoms with Crippen molar-refractivity contribution in [3.8, 4) is 0 Å². The van der Waals surface area contributed by atoms with Crippen LogP contribution in [0.5, 0.6) is 0 Å². The molecule has 0 spiro atoms. The summed E-state index contributed by atoms with van der Waals surface area (Å²) < 4.78 is 69.4. The normalized spacial score (nSPS) is 14.6. The molecule has 1 unspecified atom stereocenters. The number of rotatable bonds is 8. The number of halogens is 3. The summed E-state index contributed by atoms with van der Waals surface area (Å²) in [4.78, 5) is 22.6. The fraction of sp³-hybridized carbons (Fsp3) is 0.429. The summed E-state index contributed by atoms with van der Waals surface area (Å²) in [6.45, 7) is 1.13. The van der Waals surface area contributed by atoms with Crippen LogP contribution in [0.15, 0.2) is 30.3 Å². The number of hydrogen-bond acceptors (Lipinski definition) is 5. The van der Waals surface area contributed by atoms with Crippen LogP contribution in [-0.2, 0) is 24.3 Å². The zero-order chi connectivity index (χ0) is 19.3. The van der Waals surface area contributed by atoms with Gasteiger partial charge < -0.3 is 9.84 Å². The molecule has 0 saturated carbocycles. The maximum atomic E-state index is 13.1. The molecule has 0 heterocycles. The summed E-state index contributed by atoms with van der Waals surface area (Å²) >= 11 is 0. The number of carboxylic acid groups (broad SMARTS) is 1. The molecule has 0 radical (unpaired) electrons. The van der Waals surface area contributed by atoms with E-state index >= 15 is 0 Å². The molecule has 11 heteroatoms. The first-order chi connectivity index (χ1) is 11.5. The fourth-order valence-electron chi connectivity index (χ4n) is 1.93. The molecule has 7 nitrogen and oxygen atoms in total. The highest BCUT2D eigenvalue weighted by Crippen LogP contribution is 2.30. The van der Waals surface area contributed by atoms with Crippen molar-refractivity contribution in [3.63, 3.8) is 0 Å². The number of hydrogen-bond donors (Lipinski definition) is 2. The van der Waals surface area contributed by atoms with Gasteiger partial charge in [0.05, 0.1) is 13.0 Å². The topological polar surface area (TPSA) is 110 Å². The van der Waals surface area contributed by atoms with Crippen LogP contribution in [0.25, 0.3) is 0 Å². The average Bonchev–Trinajstić information content (AvgIpc) is 2.50. The van der Waals surface area contributed by atoms with Crippen LogP contribution in [0.1, 0.15) is 24.9 Å². The molecule has 25 heavy (non-hydrogen) atoms. The Hall–Kier alpha value is -2.14. The van der Waals surface area contributed by atoms with Gasteiger partial charge in [0.1, 0.15) is 6.04 Å². The second kappa shape index (κ2) is 8.30. The standard InChI is InChI=1S/C14H16F3NO6S/c1-2-24-11(19)8-10(14(15,16)17)25(22,23)18-12(13(20)21)9-6-4-3-5-7-9/h3-7,10,12,18H,2,8H2,1H3,(H,20,21)/t10?,12-/m0/s1. The second-order valence-corrected chi connectivity index (χ2v) is 6.78. The van der Waals surface area contributed by atoms with E-state index in [4.69, 9.17) is 5.11 Å². The third kappa shape index (κ3) is 6.02. The summed E-state index contributed by atoms with van der Waals surface area (Å²) in [6.07, 6.45) is -6.77. The SMILES string of the molecule is CCOC(=O)CC(C(F)(F)F)S(=O)(=O)N[C@H](C(=O)O)c1ccccc1. The molecule has 0 aliphatic heterocycles. The number of nitrogens with one attached hydrogen (secondary N) is 1. The van der Waals surface area contributed by atoms with Gasteiger partial charge in [0, 0.05) is 0 Å². The molecule has 0 aromatic heterocycles. The lowest BCUT2D eigenvalue weighted by Gasteiger charge is -2.23. The van der Waals surface area contributed by atoms with E-state index < -0.39 is 45.9 Å². The molecular weight excluding hydrogens is 367 g/mol. The minimum Gasteiger partial charge on any atom is -0.480 e. The van der Waals surface area contributed by atoms with Crippen LogP contribution in [0, 0.1) is 0 Å². The molecule has 140 valence electrons. The number of sulfonamides is 1. The Balaban J connectivity index is 3.15. The number of carboxylic acids is 1. The van der Waals surface area contributed by atoms with Crippen molar-refractivity contribution in [2.75, 3.05) is 6.61 Å². The smallest absolute Gasteiger partial charge is 0.407 e. The van der Waals surface area contributed by atoms with E-state index in [9.17, 15) is 31.2 Å². The first-order valence-corrected chi connectivity index (χ1v) is 8.55. The Morgan fingerprint density at radius 3 is 2.24 bits per heavy atom. The number of alkyl halides is 3. The summed E-state index contributed by atoms with van der Waals surface area (Å²) in [5, 5.41) is 6.01. The van der Waals surface area contributed by atoms with E-state index in [1.165, 1.54) is 42.0 Å². The lowest BCUT2D eigenvalue weighted by Crippen LogP contribution is -2.47. The molecule has 0 amide bonds. The Bertz CT molecular complexity index is 705. The minimum absolute atomic E-state index is 0.0596. The Kier molecular flexibility index (Phi) is 6.94. The highest BCUT2D eigenvalue weighted by molar-refractivity contribution is 7.90. The molecule has 0 aliphatic rings. The average molecular weight is 383 g/mol. The maximum absolute atomic E-state index is 13.1. The zero-order valence-corrected chi connectivity index (χ0v) is 13.8. The fourth-order valence-corrected chi connectivity index (χ4v) is 3.36. The molecule has 1 aromatic carbocycles. The van der Waals surface area contributed by atoms with Gasteiger partial charge in [-0.1, -0.05) is 30.3 Å². The van der Waals surface area contributed by atoms with Crippen molar-refractivity contribution in [1.29, 1.82) is 0 Å². The number of ether oxygens (including phenoxy) is 1. The first-order valence-electron chi connectivity index (χ1n) is 7.00. The van der Waals surface area contributed by atoms with Crippen LogP contribution < -0.4 is 4.72 Å². The number of carbonyl (C=O) groups excluding carboxylic acids is 1. The van der Waals surface area contributed by atoms with Crippen LogP contribution in [0.2, 0.25) is 0 Å². The second-order valence-electron chi connectivity index (χ2n) is 4.88. The predicted octanol–water partition coefficient (Wildman–Crippen LogP) is 1.62. The van der Waals surface area contributed by atoms with Gasteiger partial charge in [-0.05, 0) is 12.5 Å². The summed E-state index contributed by atoms with van der Waals surface area (Å²) in [5.41, 5.74) is -0.0596. The van der Waals surface area contributed by atoms with Gasteiger partial charge in [-0.2, -0.15) is 17.9 Å². The van der Waals surface area contributed by atoms with Crippen molar-refractivity contribution < 1.29 is 41.0 Å².